The Hall–Kier alpha value is -4.71. The molecule has 6 nitrogen and oxygen atoms in total. The second kappa shape index (κ2) is 9.50. The van der Waals surface area contributed by atoms with Gasteiger partial charge in [-0.15, -0.1) is 0 Å². The molecule has 0 aromatic heterocycles. The van der Waals surface area contributed by atoms with Crippen LogP contribution in [0.3, 0.4) is 0 Å². The average Bonchev–Trinajstić information content (AvgIpc) is 2.88. The zero-order chi connectivity index (χ0) is 25.2. The Morgan fingerprint density at radius 3 is 2.36 bits per heavy atom. The molecule has 178 valence electrons. The van der Waals surface area contributed by atoms with E-state index in [1.165, 1.54) is 6.08 Å². The van der Waals surface area contributed by atoms with Crippen molar-refractivity contribution < 1.29 is 19.1 Å². The Morgan fingerprint density at radius 2 is 1.58 bits per heavy atom. The number of amides is 4. The highest BCUT2D eigenvalue weighted by Gasteiger charge is 2.36. The molecule has 0 radical (unpaired) electrons. The van der Waals surface area contributed by atoms with Crippen LogP contribution in [0.2, 0.25) is 0 Å². The minimum atomic E-state index is -0.761. The molecule has 1 saturated heterocycles. The van der Waals surface area contributed by atoms with Gasteiger partial charge in [0.05, 0.1) is 5.69 Å². The summed E-state index contributed by atoms with van der Waals surface area (Å²) >= 11 is 0. The van der Waals surface area contributed by atoms with Crippen molar-refractivity contribution in [1.82, 2.24) is 5.32 Å². The zero-order valence-corrected chi connectivity index (χ0v) is 19.9. The van der Waals surface area contributed by atoms with Crippen LogP contribution in [0, 0.1) is 13.8 Å². The van der Waals surface area contributed by atoms with Gasteiger partial charge in [-0.3, -0.25) is 14.9 Å². The monoisotopic (exact) mass is 476 g/mol. The summed E-state index contributed by atoms with van der Waals surface area (Å²) in [5.74, 6) is -0.721. The smallest absolute Gasteiger partial charge is 0.335 e. The van der Waals surface area contributed by atoms with Crippen LogP contribution in [0.15, 0.2) is 90.5 Å². The second-order valence-electron chi connectivity index (χ2n) is 8.72. The van der Waals surface area contributed by atoms with Crippen molar-refractivity contribution in [3.63, 3.8) is 0 Å². The molecule has 1 aliphatic rings. The third-order valence-corrected chi connectivity index (χ3v) is 6.32. The number of rotatable bonds is 5. The lowest BCUT2D eigenvalue weighted by Crippen LogP contribution is -2.54. The highest BCUT2D eigenvalue weighted by Crippen LogP contribution is 2.25. The number of nitrogens with one attached hydrogen (secondary N) is 1. The van der Waals surface area contributed by atoms with E-state index in [4.69, 9.17) is 4.74 Å². The second-order valence-corrected chi connectivity index (χ2v) is 8.72. The molecule has 4 aromatic rings. The SMILES string of the molecule is Cc1ccc(N2C(=O)NC(=O)/C(=C\c3ccc(OCc4cccc5ccccc45)cc3)C2=O)cc1C. The molecule has 36 heavy (non-hydrogen) atoms. The van der Waals surface area contributed by atoms with E-state index in [2.05, 4.69) is 23.5 Å². The molecule has 5 rings (SSSR count). The molecule has 4 aromatic carbocycles. The molecule has 4 amide bonds. The van der Waals surface area contributed by atoms with E-state index in [9.17, 15) is 14.4 Å². The quantitative estimate of drug-likeness (QED) is 0.296. The lowest BCUT2D eigenvalue weighted by atomic mass is 10.0. The predicted molar refractivity (Wildman–Crippen MR) is 140 cm³/mol. The van der Waals surface area contributed by atoms with Crippen molar-refractivity contribution >= 4 is 40.4 Å². The molecule has 1 aliphatic heterocycles. The summed E-state index contributed by atoms with van der Waals surface area (Å²) < 4.78 is 5.98. The van der Waals surface area contributed by atoms with Crippen molar-refractivity contribution in [2.45, 2.75) is 20.5 Å². The number of imide groups is 2. The van der Waals surface area contributed by atoms with Gasteiger partial charge in [-0.25, -0.2) is 9.69 Å². The predicted octanol–water partition coefficient (Wildman–Crippen LogP) is 5.70. The summed E-state index contributed by atoms with van der Waals surface area (Å²) in [5, 5.41) is 4.56. The van der Waals surface area contributed by atoms with E-state index < -0.39 is 17.8 Å². The van der Waals surface area contributed by atoms with E-state index in [-0.39, 0.29) is 5.57 Å². The number of barbiturate groups is 1. The third kappa shape index (κ3) is 4.49. The number of carbonyl (C=O) groups is 3. The molecular formula is C30H24N2O4. The topological polar surface area (TPSA) is 75.7 Å². The molecule has 0 saturated carbocycles. The first-order valence-corrected chi connectivity index (χ1v) is 11.6. The number of anilines is 1. The number of aryl methyl sites for hydroxylation is 2. The molecule has 0 unspecified atom stereocenters. The van der Waals surface area contributed by atoms with Crippen LogP contribution < -0.4 is 15.0 Å². The van der Waals surface area contributed by atoms with Gasteiger partial charge < -0.3 is 4.74 Å². The number of ether oxygens (including phenoxy) is 1. The maximum Gasteiger partial charge on any atom is 0.335 e. The molecular weight excluding hydrogens is 452 g/mol. The van der Waals surface area contributed by atoms with Crippen molar-refractivity contribution in [3.05, 3.63) is 113 Å². The van der Waals surface area contributed by atoms with Crippen LogP contribution in [-0.2, 0) is 16.2 Å². The average molecular weight is 477 g/mol. The van der Waals surface area contributed by atoms with E-state index in [1.54, 1.807) is 36.4 Å². The first kappa shape index (κ1) is 23.1. The van der Waals surface area contributed by atoms with Gasteiger partial charge in [0.2, 0.25) is 0 Å². The highest BCUT2D eigenvalue weighted by molar-refractivity contribution is 6.39. The van der Waals surface area contributed by atoms with Crippen LogP contribution in [0.5, 0.6) is 5.75 Å². The van der Waals surface area contributed by atoms with Gasteiger partial charge in [-0.05, 0) is 77.2 Å². The maximum atomic E-state index is 13.1. The fourth-order valence-electron chi connectivity index (χ4n) is 4.16. The minimum Gasteiger partial charge on any atom is -0.489 e. The molecule has 1 fully saturated rings. The molecule has 0 bridgehead atoms. The van der Waals surface area contributed by atoms with E-state index >= 15 is 0 Å². The Bertz CT molecular complexity index is 1530. The van der Waals surface area contributed by atoms with Gasteiger partial charge in [-0.2, -0.15) is 0 Å². The number of hydrogen-bond donors (Lipinski definition) is 1. The number of hydrogen-bond acceptors (Lipinski definition) is 4. The third-order valence-electron chi connectivity index (χ3n) is 6.32. The van der Waals surface area contributed by atoms with E-state index in [1.807, 2.05) is 44.2 Å². The lowest BCUT2D eigenvalue weighted by Gasteiger charge is -2.26. The van der Waals surface area contributed by atoms with Crippen LogP contribution >= 0.6 is 0 Å². The van der Waals surface area contributed by atoms with E-state index in [0.717, 1.165) is 32.4 Å². The Balaban J connectivity index is 1.34. The van der Waals surface area contributed by atoms with Gasteiger partial charge >= 0.3 is 6.03 Å². The van der Waals surface area contributed by atoms with Crippen LogP contribution in [0.1, 0.15) is 22.3 Å². The number of nitrogens with zero attached hydrogens (tertiary/aromatic N) is 1. The van der Waals surface area contributed by atoms with Crippen LogP contribution in [0.25, 0.3) is 16.8 Å². The Morgan fingerprint density at radius 1 is 0.833 bits per heavy atom. The summed E-state index contributed by atoms with van der Waals surface area (Å²) in [5.41, 5.74) is 4.00. The number of fused-ring (bicyclic) bond motifs is 1. The van der Waals surface area contributed by atoms with Gasteiger partial charge in [0, 0.05) is 0 Å². The van der Waals surface area contributed by atoms with Crippen molar-refractivity contribution in [3.8, 4) is 5.75 Å². The number of carbonyl (C=O) groups excluding carboxylic acids is 3. The summed E-state index contributed by atoms with van der Waals surface area (Å²) in [6, 6.07) is 25.9. The molecule has 0 aliphatic carbocycles. The van der Waals surface area contributed by atoms with Gasteiger partial charge in [-0.1, -0.05) is 60.7 Å². The normalized spacial score (nSPS) is 14.9. The fraction of sp³-hybridized carbons (Fsp3) is 0.100. The van der Waals surface area contributed by atoms with E-state index in [0.29, 0.717) is 23.6 Å². The minimum absolute atomic E-state index is 0.114. The number of urea groups is 1. The number of benzene rings is 4. The molecule has 0 spiro atoms. The summed E-state index contributed by atoms with van der Waals surface area (Å²) in [6.45, 7) is 4.26. The summed E-state index contributed by atoms with van der Waals surface area (Å²) in [6.07, 6.45) is 1.48. The molecule has 1 heterocycles. The summed E-state index contributed by atoms with van der Waals surface area (Å²) in [7, 11) is 0. The Labute approximate surface area is 208 Å². The van der Waals surface area contributed by atoms with Crippen molar-refractivity contribution in [2.75, 3.05) is 4.90 Å². The first-order chi connectivity index (χ1) is 17.4. The maximum absolute atomic E-state index is 13.1. The Kier molecular flexibility index (Phi) is 6.09. The highest BCUT2D eigenvalue weighted by atomic mass is 16.5. The largest absolute Gasteiger partial charge is 0.489 e. The molecule has 1 N–H and O–H groups in total. The van der Waals surface area contributed by atoms with Crippen molar-refractivity contribution in [2.24, 2.45) is 0 Å². The molecule has 0 atom stereocenters. The molecule has 6 heteroatoms. The standard InChI is InChI=1S/C30H24N2O4/c1-19-10-13-24(16-20(19)2)32-29(34)27(28(33)31-30(32)35)17-21-11-14-25(15-12-21)36-18-23-8-5-7-22-6-3-4-9-26(22)23/h3-17H,18H2,1-2H3,(H,31,33,35)/b27-17+. The van der Waals surface area contributed by atoms with Gasteiger partial charge in [0.15, 0.2) is 0 Å². The summed E-state index contributed by atoms with van der Waals surface area (Å²) in [4.78, 5) is 39.1. The van der Waals surface area contributed by atoms with Crippen LogP contribution in [-0.4, -0.2) is 17.8 Å². The van der Waals surface area contributed by atoms with Crippen LogP contribution in [0.4, 0.5) is 10.5 Å². The van der Waals surface area contributed by atoms with Crippen molar-refractivity contribution in [1.29, 1.82) is 0 Å². The van der Waals surface area contributed by atoms with Gasteiger partial charge in [0.1, 0.15) is 17.9 Å². The zero-order valence-electron chi connectivity index (χ0n) is 19.9. The fourth-order valence-corrected chi connectivity index (χ4v) is 4.16. The lowest BCUT2D eigenvalue weighted by molar-refractivity contribution is -0.122. The van der Waals surface area contributed by atoms with Gasteiger partial charge in [0.25, 0.3) is 11.8 Å². The first-order valence-electron chi connectivity index (χ1n) is 11.6.